The number of nitrogens with zero attached hydrogens (tertiary/aromatic N) is 2. The average molecular weight is 272 g/mol. The van der Waals surface area contributed by atoms with Crippen LogP contribution in [0.15, 0.2) is 36.8 Å². The van der Waals surface area contributed by atoms with Crippen molar-refractivity contribution in [1.29, 1.82) is 0 Å². The van der Waals surface area contributed by atoms with E-state index < -0.39 is 5.97 Å². The molecule has 0 spiro atoms. The maximum Gasteiger partial charge on any atom is 0.339 e. The molecule has 0 radical (unpaired) electrons. The number of hydrogen-bond acceptors (Lipinski definition) is 5. The molecule has 0 amide bonds. The van der Waals surface area contributed by atoms with E-state index >= 15 is 0 Å². The van der Waals surface area contributed by atoms with E-state index in [4.69, 9.17) is 9.84 Å². The highest BCUT2D eigenvalue weighted by Crippen LogP contribution is 2.15. The Kier molecular flexibility index (Phi) is 4.05. The first-order chi connectivity index (χ1) is 9.58. The molecule has 6 nitrogen and oxygen atoms in total. The van der Waals surface area contributed by atoms with Gasteiger partial charge in [-0.15, -0.1) is 0 Å². The molecule has 0 bridgehead atoms. The van der Waals surface area contributed by atoms with Crippen LogP contribution in [-0.4, -0.2) is 26.8 Å². The first kappa shape index (κ1) is 13.7. The van der Waals surface area contributed by atoms with Gasteiger partial charge in [0.05, 0.1) is 5.69 Å². The SMILES string of the molecule is CC(=O)c1ccc(OCc2ncncc2C(=O)O)cc1. The summed E-state index contributed by atoms with van der Waals surface area (Å²) < 4.78 is 5.45. The normalized spacial score (nSPS) is 10.1. The summed E-state index contributed by atoms with van der Waals surface area (Å²) in [6, 6.07) is 6.60. The zero-order valence-corrected chi connectivity index (χ0v) is 10.7. The summed E-state index contributed by atoms with van der Waals surface area (Å²) in [5.74, 6) is -0.596. The summed E-state index contributed by atoms with van der Waals surface area (Å²) in [6.45, 7) is 1.50. The molecule has 0 aliphatic heterocycles. The summed E-state index contributed by atoms with van der Waals surface area (Å²) >= 11 is 0. The summed E-state index contributed by atoms with van der Waals surface area (Å²) in [7, 11) is 0. The van der Waals surface area contributed by atoms with Gasteiger partial charge >= 0.3 is 5.97 Å². The topological polar surface area (TPSA) is 89.4 Å². The molecule has 0 atom stereocenters. The zero-order valence-electron chi connectivity index (χ0n) is 10.7. The van der Waals surface area contributed by atoms with E-state index in [1.165, 1.54) is 19.4 Å². The Labute approximate surface area is 115 Å². The smallest absolute Gasteiger partial charge is 0.339 e. The number of carboxylic acids is 1. The fraction of sp³-hybridized carbons (Fsp3) is 0.143. The highest BCUT2D eigenvalue weighted by Gasteiger charge is 2.11. The Balaban J connectivity index is 2.09. The molecular weight excluding hydrogens is 260 g/mol. The summed E-state index contributed by atoms with van der Waals surface area (Å²) in [5, 5.41) is 8.99. The van der Waals surface area contributed by atoms with Gasteiger partial charge in [-0.05, 0) is 31.2 Å². The van der Waals surface area contributed by atoms with Crippen LogP contribution in [0.3, 0.4) is 0 Å². The number of ketones is 1. The Morgan fingerprint density at radius 3 is 2.55 bits per heavy atom. The molecular formula is C14H12N2O4. The first-order valence-electron chi connectivity index (χ1n) is 5.84. The quantitative estimate of drug-likeness (QED) is 0.837. The summed E-state index contributed by atoms with van der Waals surface area (Å²) in [6.07, 6.45) is 2.50. The number of carbonyl (C=O) groups is 2. The number of rotatable bonds is 5. The van der Waals surface area contributed by atoms with Crippen LogP contribution < -0.4 is 4.74 Å². The van der Waals surface area contributed by atoms with Gasteiger partial charge in [0, 0.05) is 11.8 Å². The Bertz CT molecular complexity index is 638. The number of carboxylic acid groups (broad SMARTS) is 1. The number of carbonyl (C=O) groups excluding carboxylic acids is 1. The van der Waals surface area contributed by atoms with Gasteiger partial charge in [-0.1, -0.05) is 0 Å². The van der Waals surface area contributed by atoms with Crippen LogP contribution in [-0.2, 0) is 6.61 Å². The number of ether oxygens (including phenoxy) is 1. The molecule has 2 aromatic rings. The molecule has 0 fully saturated rings. The van der Waals surface area contributed by atoms with Crippen molar-refractivity contribution in [2.45, 2.75) is 13.5 Å². The number of benzene rings is 1. The highest BCUT2D eigenvalue weighted by atomic mass is 16.5. The van der Waals surface area contributed by atoms with Crippen molar-refractivity contribution < 1.29 is 19.4 Å². The summed E-state index contributed by atoms with van der Waals surface area (Å²) in [4.78, 5) is 29.7. The number of aromatic nitrogens is 2. The fourth-order valence-electron chi connectivity index (χ4n) is 1.59. The molecule has 0 saturated carbocycles. The van der Waals surface area contributed by atoms with Crippen LogP contribution in [0.25, 0.3) is 0 Å². The van der Waals surface area contributed by atoms with Gasteiger partial charge < -0.3 is 9.84 Å². The van der Waals surface area contributed by atoms with Gasteiger partial charge in [-0.25, -0.2) is 14.8 Å². The van der Waals surface area contributed by atoms with Gasteiger partial charge in [-0.2, -0.15) is 0 Å². The lowest BCUT2D eigenvalue weighted by atomic mass is 10.1. The van der Waals surface area contributed by atoms with Gasteiger partial charge in [0.1, 0.15) is 24.2 Å². The van der Waals surface area contributed by atoms with Crippen LogP contribution in [0, 0.1) is 0 Å². The largest absolute Gasteiger partial charge is 0.487 e. The molecule has 0 unspecified atom stereocenters. The molecule has 1 aromatic heterocycles. The zero-order chi connectivity index (χ0) is 14.5. The third-order valence-corrected chi connectivity index (χ3v) is 2.66. The number of aromatic carboxylic acids is 1. The van der Waals surface area contributed by atoms with Crippen molar-refractivity contribution >= 4 is 11.8 Å². The minimum Gasteiger partial charge on any atom is -0.487 e. The predicted molar refractivity (Wildman–Crippen MR) is 69.8 cm³/mol. The van der Waals surface area contributed by atoms with E-state index in [1.54, 1.807) is 24.3 Å². The van der Waals surface area contributed by atoms with Gasteiger partial charge in [0.2, 0.25) is 0 Å². The third kappa shape index (κ3) is 3.17. The molecule has 0 saturated heterocycles. The molecule has 1 aromatic carbocycles. The summed E-state index contributed by atoms with van der Waals surface area (Å²) in [5.41, 5.74) is 0.890. The van der Waals surface area contributed by atoms with E-state index in [-0.39, 0.29) is 18.0 Å². The van der Waals surface area contributed by atoms with Crippen LogP contribution in [0.2, 0.25) is 0 Å². The molecule has 6 heteroatoms. The maximum absolute atomic E-state index is 11.1. The minimum atomic E-state index is -1.10. The number of hydrogen-bond donors (Lipinski definition) is 1. The molecule has 0 aliphatic carbocycles. The Hall–Kier alpha value is -2.76. The standard InChI is InChI=1S/C14H12N2O4/c1-9(17)10-2-4-11(5-3-10)20-7-13-12(14(18)19)6-15-8-16-13/h2-6,8H,7H2,1H3,(H,18,19). The molecule has 20 heavy (non-hydrogen) atoms. The molecule has 1 N–H and O–H groups in total. The third-order valence-electron chi connectivity index (χ3n) is 2.66. The predicted octanol–water partition coefficient (Wildman–Crippen LogP) is 1.96. The number of Topliss-reactive ketones (excluding diaryl/α,β-unsaturated/α-hetero) is 1. The van der Waals surface area contributed by atoms with Crippen LogP contribution in [0.5, 0.6) is 5.75 Å². The molecule has 2 rings (SSSR count). The van der Waals surface area contributed by atoms with E-state index in [0.29, 0.717) is 17.0 Å². The van der Waals surface area contributed by atoms with Crippen molar-refractivity contribution in [3.63, 3.8) is 0 Å². The van der Waals surface area contributed by atoms with Gasteiger partial charge in [-0.3, -0.25) is 4.79 Å². The van der Waals surface area contributed by atoms with Crippen LogP contribution in [0.4, 0.5) is 0 Å². The first-order valence-corrected chi connectivity index (χ1v) is 5.84. The van der Waals surface area contributed by atoms with Gasteiger partial charge in [0.25, 0.3) is 0 Å². The lowest BCUT2D eigenvalue weighted by Gasteiger charge is -2.07. The van der Waals surface area contributed by atoms with Crippen molar-refractivity contribution in [3.05, 3.63) is 53.6 Å². The highest BCUT2D eigenvalue weighted by molar-refractivity contribution is 5.94. The minimum absolute atomic E-state index is 0.00727. The molecule has 1 heterocycles. The van der Waals surface area contributed by atoms with E-state index in [1.807, 2.05) is 0 Å². The van der Waals surface area contributed by atoms with Crippen molar-refractivity contribution in [2.24, 2.45) is 0 Å². The van der Waals surface area contributed by atoms with Crippen molar-refractivity contribution in [1.82, 2.24) is 9.97 Å². The fourth-order valence-corrected chi connectivity index (χ4v) is 1.59. The second-order valence-corrected chi connectivity index (χ2v) is 4.06. The van der Waals surface area contributed by atoms with Crippen LogP contribution in [0.1, 0.15) is 33.3 Å². The van der Waals surface area contributed by atoms with Crippen molar-refractivity contribution in [2.75, 3.05) is 0 Å². The van der Waals surface area contributed by atoms with Gasteiger partial charge in [0.15, 0.2) is 5.78 Å². The lowest BCUT2D eigenvalue weighted by molar-refractivity contribution is 0.0692. The average Bonchev–Trinajstić information content (AvgIpc) is 2.45. The Morgan fingerprint density at radius 1 is 1.25 bits per heavy atom. The van der Waals surface area contributed by atoms with Crippen LogP contribution >= 0.6 is 0 Å². The monoisotopic (exact) mass is 272 g/mol. The van der Waals surface area contributed by atoms with E-state index in [9.17, 15) is 9.59 Å². The molecule has 102 valence electrons. The van der Waals surface area contributed by atoms with E-state index in [2.05, 4.69) is 9.97 Å². The van der Waals surface area contributed by atoms with Crippen molar-refractivity contribution in [3.8, 4) is 5.75 Å². The maximum atomic E-state index is 11.1. The Morgan fingerprint density at radius 2 is 1.95 bits per heavy atom. The molecule has 0 aliphatic rings. The second kappa shape index (κ2) is 5.92. The lowest BCUT2D eigenvalue weighted by Crippen LogP contribution is -2.08. The second-order valence-electron chi connectivity index (χ2n) is 4.06. The van der Waals surface area contributed by atoms with E-state index in [0.717, 1.165) is 0 Å².